The Bertz CT molecular complexity index is 614. The molecular weight excluding hydrogens is 281 g/mol. The van der Waals surface area contributed by atoms with Gasteiger partial charge in [0.2, 0.25) is 0 Å². The molecule has 1 aromatic carbocycles. The summed E-state index contributed by atoms with van der Waals surface area (Å²) in [5.74, 6) is 0.664. The van der Waals surface area contributed by atoms with Crippen molar-refractivity contribution in [2.75, 3.05) is 20.2 Å². The first kappa shape index (κ1) is 15.0. The first-order chi connectivity index (χ1) is 10.7. The summed E-state index contributed by atoms with van der Waals surface area (Å²) >= 11 is 0. The van der Waals surface area contributed by atoms with Crippen LogP contribution in [0.3, 0.4) is 0 Å². The predicted molar refractivity (Wildman–Crippen MR) is 83.3 cm³/mol. The van der Waals surface area contributed by atoms with Crippen LogP contribution in [-0.2, 0) is 6.54 Å². The summed E-state index contributed by atoms with van der Waals surface area (Å²) in [6, 6.07) is 5.73. The van der Waals surface area contributed by atoms with Crippen molar-refractivity contribution in [1.29, 1.82) is 0 Å². The minimum Gasteiger partial charge on any atom is -0.494 e. The van der Waals surface area contributed by atoms with Gasteiger partial charge in [-0.05, 0) is 24.9 Å². The largest absolute Gasteiger partial charge is 0.494 e. The van der Waals surface area contributed by atoms with E-state index in [1.54, 1.807) is 6.07 Å². The quantitative estimate of drug-likeness (QED) is 0.869. The second-order valence-electron chi connectivity index (χ2n) is 6.01. The zero-order chi connectivity index (χ0) is 15.5. The third-order valence-corrected chi connectivity index (χ3v) is 4.57. The lowest BCUT2D eigenvalue weighted by molar-refractivity contribution is 0.125. The van der Waals surface area contributed by atoms with Gasteiger partial charge >= 0.3 is 0 Å². The average molecular weight is 303 g/mol. The molecule has 0 bridgehead atoms. The summed E-state index contributed by atoms with van der Waals surface area (Å²) < 4.78 is 21.5. The molecule has 5 heteroatoms. The maximum absolute atomic E-state index is 14.3. The fourth-order valence-corrected chi connectivity index (χ4v) is 3.19. The lowest BCUT2D eigenvalue weighted by Crippen LogP contribution is -2.40. The molecule has 0 spiro atoms. The van der Waals surface area contributed by atoms with E-state index >= 15 is 0 Å². The average Bonchev–Trinajstić information content (AvgIpc) is 3.05. The Balaban J connectivity index is 1.73. The van der Waals surface area contributed by atoms with Crippen molar-refractivity contribution in [3.63, 3.8) is 0 Å². The second-order valence-corrected chi connectivity index (χ2v) is 6.01. The van der Waals surface area contributed by atoms with Crippen LogP contribution < -0.4 is 4.74 Å². The van der Waals surface area contributed by atoms with Gasteiger partial charge in [0.15, 0.2) is 11.6 Å². The van der Waals surface area contributed by atoms with Gasteiger partial charge in [-0.25, -0.2) is 9.37 Å². The minimum absolute atomic E-state index is 0.247. The van der Waals surface area contributed by atoms with E-state index in [2.05, 4.69) is 21.4 Å². The summed E-state index contributed by atoms with van der Waals surface area (Å²) in [5, 5.41) is 0. The van der Waals surface area contributed by atoms with Crippen molar-refractivity contribution < 1.29 is 9.13 Å². The highest BCUT2D eigenvalue weighted by Gasteiger charge is 2.27. The van der Waals surface area contributed by atoms with Crippen LogP contribution in [0.2, 0.25) is 0 Å². The molecule has 0 amide bonds. The van der Waals surface area contributed by atoms with E-state index < -0.39 is 0 Å². The van der Waals surface area contributed by atoms with Crippen LogP contribution in [0.15, 0.2) is 36.9 Å². The molecule has 3 rings (SSSR count). The topological polar surface area (TPSA) is 30.3 Å². The molecule has 0 saturated carbocycles. The molecule has 1 aliphatic rings. The van der Waals surface area contributed by atoms with Gasteiger partial charge in [-0.1, -0.05) is 19.1 Å². The van der Waals surface area contributed by atoms with Crippen LogP contribution in [0.25, 0.3) is 0 Å². The Morgan fingerprint density at radius 3 is 3.00 bits per heavy atom. The molecule has 0 radical (unpaired) electrons. The standard InChI is InChI=1S/C17H22FN3O/c1-13-6-8-20(11-15(13)21-9-7-19-12-21)10-14-4-3-5-16(22-2)17(14)18/h3-5,7,9,12-13,15H,6,8,10-11H2,1-2H3/t13-,15-/m0/s1. The van der Waals surface area contributed by atoms with Gasteiger partial charge in [-0.3, -0.25) is 4.90 Å². The molecule has 2 heterocycles. The number of methoxy groups -OCH3 is 1. The van der Waals surface area contributed by atoms with Gasteiger partial charge in [0.05, 0.1) is 13.4 Å². The van der Waals surface area contributed by atoms with E-state index in [0.29, 0.717) is 29.8 Å². The van der Waals surface area contributed by atoms with Crippen LogP contribution >= 0.6 is 0 Å². The lowest BCUT2D eigenvalue weighted by atomic mass is 9.93. The molecule has 0 unspecified atom stereocenters. The first-order valence-electron chi connectivity index (χ1n) is 7.70. The third kappa shape index (κ3) is 2.99. The van der Waals surface area contributed by atoms with E-state index in [1.807, 2.05) is 30.9 Å². The Morgan fingerprint density at radius 2 is 2.27 bits per heavy atom. The molecular formula is C17H22FN3O. The smallest absolute Gasteiger partial charge is 0.169 e. The number of ether oxygens (including phenoxy) is 1. The maximum Gasteiger partial charge on any atom is 0.169 e. The number of piperidine rings is 1. The Morgan fingerprint density at radius 1 is 1.41 bits per heavy atom. The number of nitrogens with zero attached hydrogens (tertiary/aromatic N) is 3. The van der Waals surface area contributed by atoms with Gasteiger partial charge < -0.3 is 9.30 Å². The fourth-order valence-electron chi connectivity index (χ4n) is 3.19. The summed E-state index contributed by atoms with van der Waals surface area (Å²) in [5.41, 5.74) is 0.693. The highest BCUT2D eigenvalue weighted by atomic mass is 19.1. The Labute approximate surface area is 130 Å². The van der Waals surface area contributed by atoms with Crippen molar-refractivity contribution in [2.24, 2.45) is 5.92 Å². The molecule has 1 aromatic heterocycles. The predicted octanol–water partition coefficient (Wildman–Crippen LogP) is 3.11. The molecule has 0 N–H and O–H groups in total. The number of imidazole rings is 1. The number of hydrogen-bond acceptors (Lipinski definition) is 3. The molecule has 1 aliphatic heterocycles. The molecule has 1 saturated heterocycles. The highest BCUT2D eigenvalue weighted by molar-refractivity contribution is 5.31. The molecule has 0 aliphatic carbocycles. The van der Waals surface area contributed by atoms with Crippen LogP contribution in [0.4, 0.5) is 4.39 Å². The van der Waals surface area contributed by atoms with Gasteiger partial charge in [-0.2, -0.15) is 0 Å². The Hall–Kier alpha value is -1.88. The molecule has 2 atom stereocenters. The van der Waals surface area contributed by atoms with E-state index in [0.717, 1.165) is 19.5 Å². The normalized spacial score (nSPS) is 22.7. The van der Waals surface area contributed by atoms with E-state index in [4.69, 9.17) is 4.74 Å². The zero-order valence-electron chi connectivity index (χ0n) is 13.1. The number of rotatable bonds is 4. The van der Waals surface area contributed by atoms with Gasteiger partial charge in [0.25, 0.3) is 0 Å². The number of benzene rings is 1. The minimum atomic E-state index is -0.247. The van der Waals surface area contributed by atoms with E-state index in [1.165, 1.54) is 7.11 Å². The summed E-state index contributed by atoms with van der Waals surface area (Å²) in [4.78, 5) is 6.45. The Kier molecular flexibility index (Phi) is 4.43. The first-order valence-corrected chi connectivity index (χ1v) is 7.70. The van der Waals surface area contributed by atoms with Gasteiger partial charge in [-0.15, -0.1) is 0 Å². The fraction of sp³-hybridized carbons (Fsp3) is 0.471. The van der Waals surface area contributed by atoms with Crippen molar-refractivity contribution in [3.8, 4) is 5.75 Å². The second kappa shape index (κ2) is 6.48. The third-order valence-electron chi connectivity index (χ3n) is 4.57. The number of aromatic nitrogens is 2. The van der Waals surface area contributed by atoms with Crippen LogP contribution in [-0.4, -0.2) is 34.7 Å². The highest BCUT2D eigenvalue weighted by Crippen LogP contribution is 2.29. The number of likely N-dealkylation sites (tertiary alicyclic amines) is 1. The molecule has 4 nitrogen and oxygen atoms in total. The van der Waals surface area contributed by atoms with Gasteiger partial charge in [0.1, 0.15) is 0 Å². The summed E-state index contributed by atoms with van der Waals surface area (Å²) in [7, 11) is 1.50. The van der Waals surface area contributed by atoms with Crippen molar-refractivity contribution in [3.05, 3.63) is 48.3 Å². The molecule has 22 heavy (non-hydrogen) atoms. The summed E-state index contributed by atoms with van der Waals surface area (Å²) in [6.07, 6.45) is 6.80. The van der Waals surface area contributed by atoms with Crippen LogP contribution in [0, 0.1) is 11.7 Å². The van der Waals surface area contributed by atoms with Gasteiger partial charge in [0, 0.05) is 37.1 Å². The summed E-state index contributed by atoms with van der Waals surface area (Å²) in [6.45, 7) is 4.78. The lowest BCUT2D eigenvalue weighted by Gasteiger charge is -2.37. The van der Waals surface area contributed by atoms with Crippen LogP contribution in [0.5, 0.6) is 5.75 Å². The maximum atomic E-state index is 14.3. The number of halogens is 1. The van der Waals surface area contributed by atoms with Crippen LogP contribution in [0.1, 0.15) is 24.9 Å². The molecule has 118 valence electrons. The molecule has 2 aromatic rings. The number of hydrogen-bond donors (Lipinski definition) is 0. The SMILES string of the molecule is COc1cccc(CN2CC[C@H](C)[C@@H](n3ccnc3)C2)c1F. The van der Waals surface area contributed by atoms with Crippen molar-refractivity contribution >= 4 is 0 Å². The van der Waals surface area contributed by atoms with E-state index in [9.17, 15) is 4.39 Å². The van der Waals surface area contributed by atoms with E-state index in [-0.39, 0.29) is 5.82 Å². The van der Waals surface area contributed by atoms with Crippen molar-refractivity contribution in [2.45, 2.75) is 25.9 Å². The zero-order valence-corrected chi connectivity index (χ0v) is 13.1. The molecule has 1 fully saturated rings. The monoisotopic (exact) mass is 303 g/mol. The van der Waals surface area contributed by atoms with Crippen molar-refractivity contribution in [1.82, 2.24) is 14.5 Å².